The molecule has 1 unspecified atom stereocenters. The molecule has 27 heavy (non-hydrogen) atoms. The second kappa shape index (κ2) is 9.62. The zero-order valence-electron chi connectivity index (χ0n) is 16.1. The van der Waals surface area contributed by atoms with Crippen LogP contribution in [0, 0.1) is 0 Å². The van der Waals surface area contributed by atoms with Crippen LogP contribution in [-0.2, 0) is 4.79 Å². The van der Waals surface area contributed by atoms with Crippen molar-refractivity contribution in [3.63, 3.8) is 0 Å². The minimum absolute atomic E-state index is 0.0709. The molecular formula is C21H25NO5. The van der Waals surface area contributed by atoms with E-state index < -0.39 is 0 Å². The molecule has 2 aromatic carbocycles. The number of hydrogen-bond donors (Lipinski definition) is 1. The van der Waals surface area contributed by atoms with Gasteiger partial charge in [-0.1, -0.05) is 6.92 Å². The molecule has 0 fully saturated rings. The van der Waals surface area contributed by atoms with E-state index in [2.05, 4.69) is 5.32 Å². The maximum Gasteiger partial charge on any atom is 0.258 e. The summed E-state index contributed by atoms with van der Waals surface area (Å²) in [6.07, 6.45) is 0.454. The smallest absolute Gasteiger partial charge is 0.258 e. The number of Topliss-reactive ketones (excluding diaryl/α,β-unsaturated/α-hetero) is 1. The highest BCUT2D eigenvalue weighted by molar-refractivity contribution is 5.95. The Morgan fingerprint density at radius 3 is 2.26 bits per heavy atom. The monoisotopic (exact) mass is 371 g/mol. The molecule has 0 aliphatic heterocycles. The van der Waals surface area contributed by atoms with Gasteiger partial charge in [-0.15, -0.1) is 0 Å². The van der Waals surface area contributed by atoms with Crippen molar-refractivity contribution in [2.75, 3.05) is 20.8 Å². The molecule has 0 bridgehead atoms. The minimum Gasteiger partial charge on any atom is -0.497 e. The number of amides is 1. The Bertz CT molecular complexity index is 786. The molecular weight excluding hydrogens is 346 g/mol. The van der Waals surface area contributed by atoms with Crippen molar-refractivity contribution < 1.29 is 23.8 Å². The van der Waals surface area contributed by atoms with Crippen LogP contribution >= 0.6 is 0 Å². The van der Waals surface area contributed by atoms with E-state index in [4.69, 9.17) is 14.2 Å². The Balaban J connectivity index is 1.92. The van der Waals surface area contributed by atoms with Crippen LogP contribution in [0.3, 0.4) is 0 Å². The van der Waals surface area contributed by atoms with E-state index in [0.717, 1.165) is 5.56 Å². The summed E-state index contributed by atoms with van der Waals surface area (Å²) in [6, 6.07) is 12.0. The van der Waals surface area contributed by atoms with Gasteiger partial charge in [0.2, 0.25) is 0 Å². The first kappa shape index (κ1) is 20.3. The molecule has 2 rings (SSSR count). The molecule has 1 atom stereocenters. The number of rotatable bonds is 9. The highest BCUT2D eigenvalue weighted by Crippen LogP contribution is 2.29. The summed E-state index contributed by atoms with van der Waals surface area (Å²) in [6.45, 7) is 3.56. The second-order valence-electron chi connectivity index (χ2n) is 5.99. The molecule has 1 N–H and O–H groups in total. The molecule has 0 heterocycles. The van der Waals surface area contributed by atoms with E-state index in [1.165, 1.54) is 0 Å². The van der Waals surface area contributed by atoms with Crippen LogP contribution in [0.25, 0.3) is 0 Å². The Labute approximate surface area is 159 Å². The number of carbonyl (C=O) groups is 2. The van der Waals surface area contributed by atoms with Crippen molar-refractivity contribution >= 4 is 11.7 Å². The van der Waals surface area contributed by atoms with Gasteiger partial charge < -0.3 is 19.5 Å². The highest BCUT2D eigenvalue weighted by Gasteiger charge is 2.15. The van der Waals surface area contributed by atoms with Crippen LogP contribution in [0.1, 0.15) is 42.2 Å². The fourth-order valence-electron chi connectivity index (χ4n) is 2.63. The third-order valence-electron chi connectivity index (χ3n) is 4.15. The Morgan fingerprint density at radius 1 is 1.00 bits per heavy atom. The predicted molar refractivity (Wildman–Crippen MR) is 103 cm³/mol. The third kappa shape index (κ3) is 5.48. The first-order valence-corrected chi connectivity index (χ1v) is 8.75. The maximum absolute atomic E-state index is 12.2. The number of hydrogen-bond acceptors (Lipinski definition) is 5. The summed E-state index contributed by atoms with van der Waals surface area (Å²) in [5, 5.41) is 2.88. The van der Waals surface area contributed by atoms with E-state index in [-0.39, 0.29) is 24.3 Å². The summed E-state index contributed by atoms with van der Waals surface area (Å²) in [7, 11) is 3.16. The molecule has 0 aromatic heterocycles. The van der Waals surface area contributed by atoms with Gasteiger partial charge in [-0.25, -0.2) is 0 Å². The lowest BCUT2D eigenvalue weighted by Gasteiger charge is -2.18. The topological polar surface area (TPSA) is 73.9 Å². The first-order chi connectivity index (χ1) is 13.0. The lowest BCUT2D eigenvalue weighted by atomic mass is 10.1. The molecule has 1 amide bonds. The summed E-state index contributed by atoms with van der Waals surface area (Å²) < 4.78 is 16.0. The van der Waals surface area contributed by atoms with Crippen molar-refractivity contribution in [3.8, 4) is 17.2 Å². The number of methoxy groups -OCH3 is 2. The van der Waals surface area contributed by atoms with Gasteiger partial charge >= 0.3 is 0 Å². The van der Waals surface area contributed by atoms with Crippen molar-refractivity contribution in [3.05, 3.63) is 53.6 Å². The van der Waals surface area contributed by atoms with E-state index >= 15 is 0 Å². The largest absolute Gasteiger partial charge is 0.497 e. The number of carbonyl (C=O) groups excluding carboxylic acids is 2. The van der Waals surface area contributed by atoms with Crippen molar-refractivity contribution in [2.45, 2.75) is 26.3 Å². The van der Waals surface area contributed by atoms with Crippen LogP contribution in [0.2, 0.25) is 0 Å². The molecule has 6 heteroatoms. The summed E-state index contributed by atoms with van der Waals surface area (Å²) >= 11 is 0. The normalized spacial score (nSPS) is 11.4. The highest BCUT2D eigenvalue weighted by atomic mass is 16.5. The van der Waals surface area contributed by atoms with Gasteiger partial charge in [0.25, 0.3) is 5.91 Å². The van der Waals surface area contributed by atoms with Crippen molar-refractivity contribution in [2.24, 2.45) is 0 Å². The molecule has 6 nitrogen and oxygen atoms in total. The maximum atomic E-state index is 12.2. The Morgan fingerprint density at radius 2 is 1.67 bits per heavy atom. The molecule has 144 valence electrons. The van der Waals surface area contributed by atoms with Gasteiger partial charge in [-0.2, -0.15) is 0 Å². The lowest BCUT2D eigenvalue weighted by Crippen LogP contribution is -2.31. The minimum atomic E-state index is -0.258. The zero-order valence-corrected chi connectivity index (χ0v) is 16.1. The van der Waals surface area contributed by atoms with Crippen molar-refractivity contribution in [1.29, 1.82) is 0 Å². The second-order valence-corrected chi connectivity index (χ2v) is 5.99. The van der Waals surface area contributed by atoms with Gasteiger partial charge in [0, 0.05) is 23.6 Å². The number of nitrogens with one attached hydrogen (secondary N) is 1. The first-order valence-electron chi connectivity index (χ1n) is 8.75. The fourth-order valence-corrected chi connectivity index (χ4v) is 2.63. The van der Waals surface area contributed by atoms with Crippen LogP contribution in [0.4, 0.5) is 0 Å². The molecule has 2 aromatic rings. The average molecular weight is 371 g/mol. The summed E-state index contributed by atoms with van der Waals surface area (Å²) in [5.74, 6) is 1.67. The fraction of sp³-hybridized carbons (Fsp3) is 0.333. The van der Waals surface area contributed by atoms with Crippen LogP contribution in [-0.4, -0.2) is 32.5 Å². The molecule has 0 saturated carbocycles. The molecule has 0 aliphatic carbocycles. The summed E-state index contributed by atoms with van der Waals surface area (Å²) in [5.41, 5.74) is 1.48. The Hall–Kier alpha value is -3.02. The van der Waals surface area contributed by atoms with Gasteiger partial charge in [0.1, 0.15) is 17.2 Å². The van der Waals surface area contributed by atoms with Crippen LogP contribution < -0.4 is 19.5 Å². The molecule has 0 spiro atoms. The number of ether oxygens (including phenoxy) is 3. The number of ketones is 1. The van der Waals surface area contributed by atoms with E-state index in [0.29, 0.717) is 29.2 Å². The molecule has 0 radical (unpaired) electrons. The number of benzene rings is 2. The van der Waals surface area contributed by atoms with Gasteiger partial charge in [0.05, 0.1) is 20.3 Å². The van der Waals surface area contributed by atoms with E-state index in [1.807, 2.05) is 26.0 Å². The van der Waals surface area contributed by atoms with E-state index in [9.17, 15) is 9.59 Å². The van der Waals surface area contributed by atoms with E-state index in [1.54, 1.807) is 44.6 Å². The summed E-state index contributed by atoms with van der Waals surface area (Å²) in [4.78, 5) is 23.8. The molecule has 0 saturated heterocycles. The third-order valence-corrected chi connectivity index (χ3v) is 4.15. The SMILES string of the molecule is CCC(=O)c1ccc(OCC(=O)NC(C)c2ccc(OC)cc2OC)cc1. The molecule has 0 aliphatic rings. The Kier molecular flexibility index (Phi) is 7.23. The lowest BCUT2D eigenvalue weighted by molar-refractivity contribution is -0.123. The predicted octanol–water partition coefficient (Wildman–Crippen LogP) is 3.55. The van der Waals surface area contributed by atoms with Crippen LogP contribution in [0.5, 0.6) is 17.2 Å². The van der Waals surface area contributed by atoms with Crippen molar-refractivity contribution in [1.82, 2.24) is 5.32 Å². The van der Waals surface area contributed by atoms with Gasteiger partial charge in [-0.3, -0.25) is 9.59 Å². The van der Waals surface area contributed by atoms with Crippen LogP contribution in [0.15, 0.2) is 42.5 Å². The standard InChI is InChI=1S/C21H25NO5/c1-5-19(23)15-6-8-16(9-7-15)27-13-21(24)22-14(2)18-11-10-17(25-3)12-20(18)26-4/h6-12,14H,5,13H2,1-4H3,(H,22,24). The average Bonchev–Trinajstić information content (AvgIpc) is 2.71. The quantitative estimate of drug-likeness (QED) is 0.683. The van der Waals surface area contributed by atoms with Gasteiger partial charge in [0.15, 0.2) is 12.4 Å². The zero-order chi connectivity index (χ0) is 19.8. The van der Waals surface area contributed by atoms with Gasteiger partial charge in [-0.05, 0) is 43.3 Å².